The van der Waals surface area contributed by atoms with Crippen molar-refractivity contribution in [2.24, 2.45) is 0 Å². The van der Waals surface area contributed by atoms with Crippen molar-refractivity contribution in [3.63, 3.8) is 0 Å². The number of nitrogens with zero attached hydrogens (tertiary/aromatic N) is 1. The second-order valence-corrected chi connectivity index (χ2v) is 3.36. The van der Waals surface area contributed by atoms with Crippen molar-refractivity contribution < 1.29 is 4.52 Å². The van der Waals surface area contributed by atoms with Crippen molar-refractivity contribution in [1.82, 2.24) is 5.16 Å². The van der Waals surface area contributed by atoms with E-state index in [1.807, 2.05) is 48.6 Å². The Morgan fingerprint density at radius 2 is 2.00 bits per heavy atom. The Bertz CT molecular complexity index is 448. The molecule has 0 radical (unpaired) electrons. The van der Waals surface area contributed by atoms with Crippen molar-refractivity contribution >= 4 is 23.8 Å². The molecule has 76 valence electrons. The molecule has 2 nitrogen and oxygen atoms in total. The van der Waals surface area contributed by atoms with Crippen LogP contribution in [0, 0.1) is 0 Å². The standard InChI is InChI=1S/C12H10ClNO/c13-9-12-8-11(14-15-12)7-6-10-4-2-1-3-5-10/h1-8H,9H2/b7-6+. The SMILES string of the molecule is ClCc1cc(/C=C/c2ccccc2)no1. The Kier molecular flexibility index (Phi) is 3.20. The molecule has 2 rings (SSSR count). The molecule has 15 heavy (non-hydrogen) atoms. The van der Waals surface area contributed by atoms with Crippen LogP contribution in [0.1, 0.15) is 17.0 Å². The molecule has 0 aliphatic rings. The number of aromatic nitrogens is 1. The fraction of sp³-hybridized carbons (Fsp3) is 0.0833. The number of rotatable bonds is 3. The summed E-state index contributed by atoms with van der Waals surface area (Å²) in [5.41, 5.74) is 1.92. The molecule has 0 amide bonds. The van der Waals surface area contributed by atoms with E-state index in [1.165, 1.54) is 0 Å². The molecule has 2 aromatic rings. The van der Waals surface area contributed by atoms with E-state index < -0.39 is 0 Å². The third-order valence-corrected chi connectivity index (χ3v) is 2.22. The van der Waals surface area contributed by atoms with E-state index in [0.717, 1.165) is 11.3 Å². The van der Waals surface area contributed by atoms with E-state index in [1.54, 1.807) is 0 Å². The second-order valence-electron chi connectivity index (χ2n) is 3.10. The Labute approximate surface area is 93.2 Å². The summed E-state index contributed by atoms with van der Waals surface area (Å²) in [5, 5.41) is 3.86. The minimum Gasteiger partial charge on any atom is -0.360 e. The number of alkyl halides is 1. The predicted molar refractivity (Wildman–Crippen MR) is 61.4 cm³/mol. The molecular formula is C12H10ClNO. The van der Waals surface area contributed by atoms with Crippen LogP contribution in [-0.4, -0.2) is 5.16 Å². The van der Waals surface area contributed by atoms with Crippen LogP contribution in [0.3, 0.4) is 0 Å². The predicted octanol–water partition coefficient (Wildman–Crippen LogP) is 3.58. The first-order valence-electron chi connectivity index (χ1n) is 4.63. The first kappa shape index (κ1) is 9.99. The molecule has 1 aromatic heterocycles. The summed E-state index contributed by atoms with van der Waals surface area (Å²) >= 11 is 5.60. The van der Waals surface area contributed by atoms with Crippen LogP contribution in [0.15, 0.2) is 40.9 Å². The highest BCUT2D eigenvalue weighted by atomic mass is 35.5. The highest BCUT2D eigenvalue weighted by Crippen LogP contribution is 2.10. The van der Waals surface area contributed by atoms with Gasteiger partial charge in [-0.1, -0.05) is 41.6 Å². The van der Waals surface area contributed by atoms with E-state index in [9.17, 15) is 0 Å². The van der Waals surface area contributed by atoms with E-state index >= 15 is 0 Å². The Balaban J connectivity index is 2.11. The summed E-state index contributed by atoms with van der Waals surface area (Å²) < 4.78 is 4.97. The van der Waals surface area contributed by atoms with Gasteiger partial charge >= 0.3 is 0 Å². The van der Waals surface area contributed by atoms with Crippen LogP contribution in [0.5, 0.6) is 0 Å². The Hall–Kier alpha value is -1.54. The van der Waals surface area contributed by atoms with Gasteiger partial charge in [0.15, 0.2) is 5.76 Å². The molecule has 0 unspecified atom stereocenters. The van der Waals surface area contributed by atoms with Crippen molar-refractivity contribution in [3.05, 3.63) is 53.4 Å². The van der Waals surface area contributed by atoms with Crippen molar-refractivity contribution in [1.29, 1.82) is 0 Å². The van der Waals surface area contributed by atoms with Gasteiger partial charge in [0.05, 0.1) is 5.88 Å². The smallest absolute Gasteiger partial charge is 0.152 e. The van der Waals surface area contributed by atoms with Crippen molar-refractivity contribution in [2.45, 2.75) is 5.88 Å². The molecule has 0 saturated carbocycles. The second kappa shape index (κ2) is 4.80. The van der Waals surface area contributed by atoms with Crippen LogP contribution >= 0.6 is 11.6 Å². The van der Waals surface area contributed by atoms with Gasteiger partial charge in [0.1, 0.15) is 5.69 Å². The average Bonchev–Trinajstić information content (AvgIpc) is 2.76. The maximum Gasteiger partial charge on any atom is 0.152 e. The van der Waals surface area contributed by atoms with Crippen LogP contribution in [0.4, 0.5) is 0 Å². The summed E-state index contributed by atoms with van der Waals surface area (Å²) in [6, 6.07) is 11.9. The molecule has 1 aromatic carbocycles. The zero-order valence-corrected chi connectivity index (χ0v) is 8.82. The van der Waals surface area contributed by atoms with E-state index in [-0.39, 0.29) is 0 Å². The third-order valence-electron chi connectivity index (χ3n) is 1.96. The molecule has 0 atom stereocenters. The minimum atomic E-state index is 0.353. The van der Waals surface area contributed by atoms with Crippen molar-refractivity contribution in [3.8, 4) is 0 Å². The first-order chi connectivity index (χ1) is 7.38. The quantitative estimate of drug-likeness (QED) is 0.738. The lowest BCUT2D eigenvalue weighted by molar-refractivity contribution is 0.393. The summed E-state index contributed by atoms with van der Waals surface area (Å²) in [4.78, 5) is 0. The number of benzene rings is 1. The zero-order chi connectivity index (χ0) is 10.5. The largest absolute Gasteiger partial charge is 0.360 e. The number of hydrogen-bond donors (Lipinski definition) is 0. The molecular weight excluding hydrogens is 210 g/mol. The highest BCUT2D eigenvalue weighted by molar-refractivity contribution is 6.16. The van der Waals surface area contributed by atoms with Gasteiger partial charge in [-0.2, -0.15) is 0 Å². The topological polar surface area (TPSA) is 26.0 Å². The lowest BCUT2D eigenvalue weighted by atomic mass is 10.2. The van der Waals surface area contributed by atoms with Gasteiger partial charge < -0.3 is 4.52 Å². The van der Waals surface area contributed by atoms with Gasteiger partial charge in [0.25, 0.3) is 0 Å². The Morgan fingerprint density at radius 1 is 1.20 bits per heavy atom. The summed E-state index contributed by atoms with van der Waals surface area (Å²) in [5.74, 6) is 1.04. The molecule has 0 bridgehead atoms. The van der Waals surface area contributed by atoms with Crippen LogP contribution in [-0.2, 0) is 5.88 Å². The first-order valence-corrected chi connectivity index (χ1v) is 5.16. The number of hydrogen-bond acceptors (Lipinski definition) is 2. The van der Waals surface area contributed by atoms with E-state index in [4.69, 9.17) is 16.1 Å². The van der Waals surface area contributed by atoms with Gasteiger partial charge in [-0.3, -0.25) is 0 Å². The molecule has 0 aliphatic heterocycles. The van der Waals surface area contributed by atoms with Gasteiger partial charge in [-0.05, 0) is 11.6 Å². The molecule has 0 spiro atoms. The van der Waals surface area contributed by atoms with Gasteiger partial charge in [-0.25, -0.2) is 0 Å². The maximum atomic E-state index is 5.60. The van der Waals surface area contributed by atoms with Crippen LogP contribution < -0.4 is 0 Å². The van der Waals surface area contributed by atoms with E-state index in [2.05, 4.69) is 5.16 Å². The highest BCUT2D eigenvalue weighted by Gasteiger charge is 1.98. The Morgan fingerprint density at radius 3 is 2.67 bits per heavy atom. The lowest BCUT2D eigenvalue weighted by Gasteiger charge is -1.88. The monoisotopic (exact) mass is 219 g/mol. The summed E-state index contributed by atoms with van der Waals surface area (Å²) in [6.07, 6.45) is 3.88. The van der Waals surface area contributed by atoms with Crippen LogP contribution in [0.25, 0.3) is 12.2 Å². The fourth-order valence-corrected chi connectivity index (χ4v) is 1.34. The lowest BCUT2D eigenvalue weighted by Crippen LogP contribution is -1.70. The zero-order valence-electron chi connectivity index (χ0n) is 8.06. The average molecular weight is 220 g/mol. The van der Waals surface area contributed by atoms with Crippen LogP contribution in [0.2, 0.25) is 0 Å². The fourth-order valence-electron chi connectivity index (χ4n) is 1.22. The molecule has 0 fully saturated rings. The van der Waals surface area contributed by atoms with Gasteiger partial charge in [0.2, 0.25) is 0 Å². The molecule has 0 aliphatic carbocycles. The molecule has 0 N–H and O–H groups in total. The minimum absolute atomic E-state index is 0.353. The summed E-state index contributed by atoms with van der Waals surface area (Å²) in [7, 11) is 0. The normalized spacial score (nSPS) is 11.0. The summed E-state index contributed by atoms with van der Waals surface area (Å²) in [6.45, 7) is 0. The van der Waals surface area contributed by atoms with Gasteiger partial charge in [0, 0.05) is 6.07 Å². The van der Waals surface area contributed by atoms with Gasteiger partial charge in [-0.15, -0.1) is 11.6 Å². The van der Waals surface area contributed by atoms with E-state index in [0.29, 0.717) is 11.6 Å². The van der Waals surface area contributed by atoms with Crippen molar-refractivity contribution in [2.75, 3.05) is 0 Å². The third kappa shape index (κ3) is 2.70. The molecule has 1 heterocycles. The molecule has 3 heteroatoms. The number of halogens is 1. The maximum absolute atomic E-state index is 5.60. The molecule has 0 saturated heterocycles.